The number of sulfonamides is 1. The number of hydrogen-bond donors (Lipinski definition) is 2. The summed E-state index contributed by atoms with van der Waals surface area (Å²) in [5.41, 5.74) is 1.74. The number of aromatic nitrogens is 1. The van der Waals surface area contributed by atoms with Crippen LogP contribution in [0.5, 0.6) is 0 Å². The van der Waals surface area contributed by atoms with Crippen LogP contribution >= 0.6 is 11.6 Å². The molecule has 0 aromatic carbocycles. The highest BCUT2D eigenvalue weighted by Crippen LogP contribution is 2.33. The Morgan fingerprint density at radius 3 is 2.42 bits per heavy atom. The van der Waals surface area contributed by atoms with Crippen molar-refractivity contribution in [2.45, 2.75) is 56.6 Å². The topological polar surface area (TPSA) is 82.5 Å². The number of aliphatic hydroxyl groups excluding tert-OH is 1. The predicted molar refractivity (Wildman–Crippen MR) is 123 cm³/mol. The van der Waals surface area contributed by atoms with Crippen LogP contribution in [0.4, 0.5) is 5.69 Å². The van der Waals surface area contributed by atoms with E-state index < -0.39 is 10.0 Å². The van der Waals surface area contributed by atoms with Gasteiger partial charge in [0.25, 0.3) is 0 Å². The fourth-order valence-electron chi connectivity index (χ4n) is 4.56. The van der Waals surface area contributed by atoms with Gasteiger partial charge in [-0.2, -0.15) is 0 Å². The summed E-state index contributed by atoms with van der Waals surface area (Å²) in [5.74, 6) is 7.86. The molecule has 1 saturated heterocycles. The molecule has 0 unspecified atom stereocenters. The van der Waals surface area contributed by atoms with Crippen LogP contribution in [0.2, 0.25) is 5.15 Å². The van der Waals surface area contributed by atoms with Crippen LogP contribution in [-0.2, 0) is 10.0 Å². The number of nitrogens with one attached hydrogen (secondary N) is 1. The van der Waals surface area contributed by atoms with E-state index in [9.17, 15) is 13.5 Å². The van der Waals surface area contributed by atoms with E-state index in [1.165, 1.54) is 0 Å². The van der Waals surface area contributed by atoms with Crippen molar-refractivity contribution in [3.63, 3.8) is 0 Å². The molecule has 3 aliphatic rings. The normalized spacial score (nSPS) is 25.6. The van der Waals surface area contributed by atoms with Crippen molar-refractivity contribution < 1.29 is 13.5 Å². The molecule has 1 aromatic rings. The first kappa shape index (κ1) is 22.8. The lowest BCUT2D eigenvalue weighted by atomic mass is 9.82. The average Bonchev–Trinajstić information content (AvgIpc) is 3.64. The highest BCUT2D eigenvalue weighted by atomic mass is 35.5. The molecule has 0 radical (unpaired) electrons. The minimum absolute atomic E-state index is 0.136. The van der Waals surface area contributed by atoms with Crippen molar-refractivity contribution >= 4 is 27.3 Å². The molecule has 1 aliphatic heterocycles. The second kappa shape index (κ2) is 10.1. The van der Waals surface area contributed by atoms with Crippen LogP contribution < -0.4 is 5.32 Å². The second-order valence-electron chi connectivity index (χ2n) is 9.19. The lowest BCUT2D eigenvalue weighted by Gasteiger charge is -2.29. The van der Waals surface area contributed by atoms with Crippen molar-refractivity contribution in [1.82, 2.24) is 9.29 Å². The van der Waals surface area contributed by atoms with Crippen molar-refractivity contribution in [3.05, 3.63) is 23.0 Å². The minimum Gasteiger partial charge on any atom is -0.396 e. The Labute approximate surface area is 190 Å². The van der Waals surface area contributed by atoms with Gasteiger partial charge in [-0.1, -0.05) is 23.4 Å². The van der Waals surface area contributed by atoms with Gasteiger partial charge in [-0.05, 0) is 69.3 Å². The largest absolute Gasteiger partial charge is 0.396 e. The Balaban J connectivity index is 1.34. The number of halogens is 1. The number of nitrogens with zero attached hydrogens (tertiary/aromatic N) is 2. The standard InChI is InChI=1S/C23H32ClN3O3S/c24-23-13-22(25-14-18-1-3-19(16-28)4-2-18)20(15-26-23)6-5-17-9-11-27(12-10-17)31(29,30)21-7-8-21/h13,15,17-19,21,28H,1-4,7-12,14,16H2,(H,25,26). The third kappa shape index (κ3) is 5.92. The first-order valence-electron chi connectivity index (χ1n) is 11.5. The summed E-state index contributed by atoms with van der Waals surface area (Å²) in [6.45, 7) is 2.30. The zero-order valence-electron chi connectivity index (χ0n) is 17.9. The highest BCUT2D eigenvalue weighted by Gasteiger charge is 2.41. The van der Waals surface area contributed by atoms with Crippen LogP contribution in [0.15, 0.2) is 12.3 Å². The molecule has 2 N–H and O–H groups in total. The zero-order chi connectivity index (χ0) is 21.8. The fourth-order valence-corrected chi connectivity index (χ4v) is 6.59. The molecule has 2 aliphatic carbocycles. The monoisotopic (exact) mass is 465 g/mol. The van der Waals surface area contributed by atoms with Crippen LogP contribution in [-0.4, -0.2) is 54.3 Å². The van der Waals surface area contributed by atoms with E-state index in [0.29, 0.717) is 36.7 Å². The van der Waals surface area contributed by atoms with E-state index >= 15 is 0 Å². The minimum atomic E-state index is -3.08. The van der Waals surface area contributed by atoms with Crippen LogP contribution in [0.3, 0.4) is 0 Å². The summed E-state index contributed by atoms with van der Waals surface area (Å²) < 4.78 is 26.5. The SMILES string of the molecule is O=S(=O)(C1CC1)N1CCC(C#Cc2cnc(Cl)cc2NCC2CCC(CO)CC2)CC1. The number of piperidine rings is 1. The Morgan fingerprint density at radius 1 is 1.10 bits per heavy atom. The van der Waals surface area contributed by atoms with Crippen LogP contribution in [0.25, 0.3) is 0 Å². The van der Waals surface area contributed by atoms with E-state index in [2.05, 4.69) is 22.1 Å². The molecule has 2 saturated carbocycles. The summed E-state index contributed by atoms with van der Waals surface area (Å²) in [6, 6.07) is 1.83. The number of aliphatic hydroxyl groups is 1. The Kier molecular flexibility index (Phi) is 7.43. The average molecular weight is 466 g/mol. The van der Waals surface area contributed by atoms with Crippen molar-refractivity contribution in [2.24, 2.45) is 17.8 Å². The molecule has 2 heterocycles. The van der Waals surface area contributed by atoms with E-state index in [4.69, 9.17) is 11.6 Å². The Morgan fingerprint density at radius 2 is 1.77 bits per heavy atom. The molecule has 0 spiro atoms. The maximum Gasteiger partial charge on any atom is 0.216 e. The summed E-state index contributed by atoms with van der Waals surface area (Å²) in [4.78, 5) is 4.20. The van der Waals surface area contributed by atoms with Gasteiger partial charge in [0.1, 0.15) is 5.15 Å². The number of hydrogen-bond acceptors (Lipinski definition) is 5. The molecule has 6 nitrogen and oxygen atoms in total. The fraction of sp³-hybridized carbons (Fsp3) is 0.696. The number of anilines is 1. The Bertz CT molecular complexity index is 923. The quantitative estimate of drug-likeness (QED) is 0.496. The van der Waals surface area contributed by atoms with Crippen molar-refractivity contribution in [1.29, 1.82) is 0 Å². The number of pyridine rings is 1. The van der Waals surface area contributed by atoms with Crippen LogP contribution in [0.1, 0.15) is 56.9 Å². The Hall–Kier alpha value is -1.33. The summed E-state index contributed by atoms with van der Waals surface area (Å²) in [5, 5.41) is 13.1. The third-order valence-corrected chi connectivity index (χ3v) is 9.45. The molecule has 0 amide bonds. The van der Waals surface area contributed by atoms with Gasteiger partial charge in [0.05, 0.1) is 16.5 Å². The summed E-state index contributed by atoms with van der Waals surface area (Å²) in [7, 11) is -3.08. The van der Waals surface area contributed by atoms with E-state index in [1.54, 1.807) is 10.5 Å². The molecule has 0 bridgehead atoms. The smallest absolute Gasteiger partial charge is 0.216 e. The van der Waals surface area contributed by atoms with Crippen molar-refractivity contribution in [2.75, 3.05) is 31.6 Å². The second-order valence-corrected chi connectivity index (χ2v) is 11.8. The first-order valence-corrected chi connectivity index (χ1v) is 13.3. The van der Waals surface area contributed by atoms with Gasteiger partial charge in [-0.3, -0.25) is 0 Å². The van der Waals surface area contributed by atoms with Gasteiger partial charge in [0.15, 0.2) is 0 Å². The van der Waals surface area contributed by atoms with Gasteiger partial charge < -0.3 is 10.4 Å². The van der Waals surface area contributed by atoms with Gasteiger partial charge in [-0.15, -0.1) is 0 Å². The maximum atomic E-state index is 12.4. The molecular formula is C23H32ClN3O3S. The molecule has 31 heavy (non-hydrogen) atoms. The van der Waals surface area contributed by atoms with Gasteiger partial charge in [-0.25, -0.2) is 17.7 Å². The molecule has 170 valence electrons. The summed E-state index contributed by atoms with van der Waals surface area (Å²) in [6.07, 6.45) is 9.31. The molecular weight excluding hydrogens is 434 g/mol. The van der Waals surface area contributed by atoms with E-state index in [1.807, 2.05) is 6.07 Å². The third-order valence-electron chi connectivity index (χ3n) is 6.85. The molecule has 0 atom stereocenters. The van der Waals surface area contributed by atoms with E-state index in [0.717, 1.165) is 69.2 Å². The molecule has 1 aromatic heterocycles. The molecule has 8 heteroatoms. The highest BCUT2D eigenvalue weighted by molar-refractivity contribution is 7.90. The lowest BCUT2D eigenvalue weighted by molar-refractivity contribution is 0.170. The first-order chi connectivity index (χ1) is 15.0. The van der Waals surface area contributed by atoms with Gasteiger partial charge in [0, 0.05) is 38.4 Å². The number of rotatable bonds is 6. The maximum absolute atomic E-state index is 12.4. The molecule has 3 fully saturated rings. The van der Waals surface area contributed by atoms with Gasteiger partial charge >= 0.3 is 0 Å². The van der Waals surface area contributed by atoms with Crippen LogP contribution in [0, 0.1) is 29.6 Å². The van der Waals surface area contributed by atoms with Gasteiger partial charge in [0.2, 0.25) is 10.0 Å². The van der Waals surface area contributed by atoms with Crippen molar-refractivity contribution in [3.8, 4) is 11.8 Å². The summed E-state index contributed by atoms with van der Waals surface area (Å²) >= 11 is 6.12. The zero-order valence-corrected chi connectivity index (χ0v) is 19.5. The predicted octanol–water partition coefficient (Wildman–Crippen LogP) is 3.50. The lowest BCUT2D eigenvalue weighted by Crippen LogP contribution is -2.40. The van der Waals surface area contributed by atoms with E-state index in [-0.39, 0.29) is 11.2 Å². The molecule has 4 rings (SSSR count).